The zero-order valence-electron chi connectivity index (χ0n) is 4.61. The maximum absolute atomic E-state index is 10.3. The van der Waals surface area contributed by atoms with Crippen molar-refractivity contribution in [3.63, 3.8) is 0 Å². The lowest BCUT2D eigenvalue weighted by molar-refractivity contribution is -0.111. The Hall–Kier alpha value is -1.65. The third-order valence-electron chi connectivity index (χ3n) is 0.529. The largest absolute Gasteiger partial charge is 0.361 e. The molecule has 0 radical (unpaired) electrons. The van der Waals surface area contributed by atoms with E-state index in [0.717, 1.165) is 12.3 Å². The van der Waals surface area contributed by atoms with E-state index in [1.807, 2.05) is 0 Å². The Kier molecular flexibility index (Phi) is 3.68. The van der Waals surface area contributed by atoms with Gasteiger partial charge in [-0.05, 0) is 6.08 Å². The van der Waals surface area contributed by atoms with Crippen LogP contribution in [0.1, 0.15) is 0 Å². The molecular formula is C6H4N2O. The van der Waals surface area contributed by atoms with Crippen LogP contribution in [0.5, 0.6) is 0 Å². The van der Waals surface area contributed by atoms with E-state index < -0.39 is 5.78 Å². The van der Waals surface area contributed by atoms with E-state index in [1.54, 1.807) is 0 Å². The van der Waals surface area contributed by atoms with Gasteiger partial charge in [0.15, 0.2) is 0 Å². The summed E-state index contributed by atoms with van der Waals surface area (Å²) < 4.78 is 0. The van der Waals surface area contributed by atoms with Gasteiger partial charge in [0.1, 0.15) is 0 Å². The second kappa shape index (κ2) is 4.51. The van der Waals surface area contributed by atoms with Crippen molar-refractivity contribution in [3.8, 4) is 12.3 Å². The van der Waals surface area contributed by atoms with Crippen molar-refractivity contribution in [1.82, 2.24) is 0 Å². The summed E-state index contributed by atoms with van der Waals surface area (Å²) in [5.41, 5.74) is 7.80. The van der Waals surface area contributed by atoms with E-state index in [0.29, 0.717) is 0 Å². The van der Waals surface area contributed by atoms with Gasteiger partial charge in [-0.25, -0.2) is 0 Å². The summed E-state index contributed by atoms with van der Waals surface area (Å²) in [5, 5.41) is 0. The molecule has 0 aliphatic rings. The number of nitrogens with zero attached hydrogens (tertiary/aromatic N) is 2. The average molecular weight is 120 g/mol. The molecule has 0 amide bonds. The zero-order chi connectivity index (χ0) is 7.11. The van der Waals surface area contributed by atoms with Crippen LogP contribution in [0.3, 0.4) is 0 Å². The Morgan fingerprint density at radius 2 is 2.44 bits per heavy atom. The summed E-state index contributed by atoms with van der Waals surface area (Å²) in [6.07, 6.45) is 7.89. The molecule has 0 saturated heterocycles. The molecule has 0 bridgehead atoms. The van der Waals surface area contributed by atoms with E-state index >= 15 is 0 Å². The minimum Gasteiger partial charge on any atom is -0.361 e. The highest BCUT2D eigenvalue weighted by Crippen LogP contribution is 1.68. The molecule has 0 unspecified atom stereocenters. The predicted molar refractivity (Wildman–Crippen MR) is 32.7 cm³/mol. The monoisotopic (exact) mass is 120 g/mol. The molecule has 0 N–H and O–H groups in total. The minimum absolute atomic E-state index is 0.435. The van der Waals surface area contributed by atoms with Crippen molar-refractivity contribution in [2.24, 2.45) is 0 Å². The number of rotatable bonds is 2. The highest BCUT2D eigenvalue weighted by atomic mass is 16.1. The van der Waals surface area contributed by atoms with Gasteiger partial charge in [0.05, 0.1) is 0 Å². The average Bonchev–Trinajstić information content (AvgIpc) is 1.85. The number of allylic oxidation sites excluding steroid dienone is 2. The Morgan fingerprint density at radius 3 is 2.89 bits per heavy atom. The van der Waals surface area contributed by atoms with Gasteiger partial charge in [-0.15, -0.1) is 6.42 Å². The van der Waals surface area contributed by atoms with Gasteiger partial charge in [0.2, 0.25) is 0 Å². The SMILES string of the molecule is C#C/C=C/C(=O)C=[N+]=[N-]. The van der Waals surface area contributed by atoms with Gasteiger partial charge in [-0.2, -0.15) is 4.79 Å². The molecule has 44 valence electrons. The fourth-order valence-electron chi connectivity index (χ4n) is 0.230. The molecule has 0 aliphatic carbocycles. The quantitative estimate of drug-likeness (QED) is 0.167. The third-order valence-corrected chi connectivity index (χ3v) is 0.529. The molecule has 0 heterocycles. The van der Waals surface area contributed by atoms with Crippen LogP contribution in [0.25, 0.3) is 5.53 Å². The van der Waals surface area contributed by atoms with Crippen molar-refractivity contribution >= 4 is 12.0 Å². The molecule has 0 aromatic heterocycles. The molecule has 3 heteroatoms. The fraction of sp³-hybridized carbons (Fsp3) is 0. The highest BCUT2D eigenvalue weighted by Gasteiger charge is 1.91. The summed E-state index contributed by atoms with van der Waals surface area (Å²) in [6, 6.07) is 0. The molecule has 0 saturated carbocycles. The van der Waals surface area contributed by atoms with E-state index in [4.69, 9.17) is 12.0 Å². The van der Waals surface area contributed by atoms with Crippen LogP contribution in [-0.2, 0) is 4.79 Å². The van der Waals surface area contributed by atoms with Gasteiger partial charge >= 0.3 is 6.21 Å². The first-order chi connectivity index (χ1) is 4.31. The van der Waals surface area contributed by atoms with Crippen LogP contribution < -0.4 is 0 Å². The molecule has 0 fully saturated rings. The molecule has 0 rings (SSSR count). The van der Waals surface area contributed by atoms with Crippen molar-refractivity contribution in [2.75, 3.05) is 0 Å². The number of ketones is 1. The molecule has 0 atom stereocenters. The van der Waals surface area contributed by atoms with Gasteiger partial charge in [-0.3, -0.25) is 4.79 Å². The van der Waals surface area contributed by atoms with Crippen LogP contribution in [0.4, 0.5) is 0 Å². The standard InChI is InChI=1S/C6H4N2O/c1-2-3-4-6(9)5-8-7/h1,3-5H/b4-3+. The maximum Gasteiger partial charge on any atom is 0.327 e. The smallest absolute Gasteiger partial charge is 0.327 e. The first-order valence-corrected chi connectivity index (χ1v) is 2.15. The number of carbonyl (C=O) groups is 1. The first kappa shape index (κ1) is 7.35. The van der Waals surface area contributed by atoms with Crippen LogP contribution >= 0.6 is 0 Å². The van der Waals surface area contributed by atoms with Crippen LogP contribution in [-0.4, -0.2) is 16.8 Å². The number of carbonyl (C=O) groups excluding carboxylic acids is 1. The van der Waals surface area contributed by atoms with Gasteiger partial charge < -0.3 is 5.53 Å². The van der Waals surface area contributed by atoms with Crippen LogP contribution in [0.15, 0.2) is 12.2 Å². The van der Waals surface area contributed by atoms with Crippen molar-refractivity contribution < 1.29 is 9.58 Å². The third kappa shape index (κ3) is 4.20. The summed E-state index contributed by atoms with van der Waals surface area (Å²) >= 11 is 0. The molecule has 0 aliphatic heterocycles. The topological polar surface area (TPSA) is 53.5 Å². The molecule has 0 aromatic carbocycles. The predicted octanol–water partition coefficient (Wildman–Crippen LogP) is 0.0455. The zero-order valence-corrected chi connectivity index (χ0v) is 4.61. The lowest BCUT2D eigenvalue weighted by atomic mass is 10.4. The Bertz CT molecular complexity index is 216. The second-order valence-electron chi connectivity index (χ2n) is 1.15. The van der Waals surface area contributed by atoms with Crippen LogP contribution in [0.2, 0.25) is 0 Å². The molecule has 9 heavy (non-hydrogen) atoms. The van der Waals surface area contributed by atoms with E-state index in [1.165, 1.54) is 6.08 Å². The summed E-state index contributed by atoms with van der Waals surface area (Å²) in [6.45, 7) is 0. The summed E-state index contributed by atoms with van der Waals surface area (Å²) in [5.74, 6) is 1.68. The van der Waals surface area contributed by atoms with E-state index in [2.05, 4.69) is 10.7 Å². The fourth-order valence-corrected chi connectivity index (χ4v) is 0.230. The number of hydrogen-bond acceptors (Lipinski definition) is 1. The van der Waals surface area contributed by atoms with Gasteiger partial charge in [-0.1, -0.05) is 5.92 Å². The number of terminal acetylenes is 1. The normalized spacial score (nSPS) is 7.89. The molecule has 0 spiro atoms. The van der Waals surface area contributed by atoms with Crippen LogP contribution in [0, 0.1) is 12.3 Å². The molecule has 0 aromatic rings. The van der Waals surface area contributed by atoms with Gasteiger partial charge in [0, 0.05) is 6.08 Å². The highest BCUT2D eigenvalue weighted by molar-refractivity contribution is 6.30. The molecule has 3 nitrogen and oxygen atoms in total. The minimum atomic E-state index is -0.435. The van der Waals surface area contributed by atoms with Crippen molar-refractivity contribution in [3.05, 3.63) is 17.7 Å². The summed E-state index contributed by atoms with van der Waals surface area (Å²) in [4.78, 5) is 12.8. The first-order valence-electron chi connectivity index (χ1n) is 2.15. The lowest BCUT2D eigenvalue weighted by Crippen LogP contribution is -1.92. The van der Waals surface area contributed by atoms with E-state index in [-0.39, 0.29) is 0 Å². The van der Waals surface area contributed by atoms with Gasteiger partial charge in [0.25, 0.3) is 5.78 Å². The lowest BCUT2D eigenvalue weighted by Gasteiger charge is -1.66. The van der Waals surface area contributed by atoms with Crippen molar-refractivity contribution in [2.45, 2.75) is 0 Å². The summed E-state index contributed by atoms with van der Waals surface area (Å²) in [7, 11) is 0. The maximum atomic E-state index is 10.3. The Labute approximate surface area is 52.6 Å². The molecular weight excluding hydrogens is 116 g/mol. The Morgan fingerprint density at radius 1 is 1.78 bits per heavy atom. The Balaban J connectivity index is 3.96. The number of hydrogen-bond donors (Lipinski definition) is 0. The second-order valence-corrected chi connectivity index (χ2v) is 1.15. The van der Waals surface area contributed by atoms with Crippen molar-refractivity contribution in [1.29, 1.82) is 0 Å². The van der Waals surface area contributed by atoms with E-state index in [9.17, 15) is 4.79 Å².